The van der Waals surface area contributed by atoms with Crippen molar-refractivity contribution in [2.45, 2.75) is 43.5 Å². The first-order chi connectivity index (χ1) is 14.3. The molecule has 2 aromatic rings. The van der Waals surface area contributed by atoms with E-state index in [0.29, 0.717) is 43.4 Å². The minimum absolute atomic E-state index is 0.00848. The molecule has 0 saturated carbocycles. The van der Waals surface area contributed by atoms with E-state index in [0.717, 1.165) is 25.0 Å². The highest BCUT2D eigenvalue weighted by molar-refractivity contribution is 7.89. The van der Waals surface area contributed by atoms with Crippen LogP contribution in [0.2, 0.25) is 0 Å². The Morgan fingerprint density at radius 1 is 1.20 bits per heavy atom. The molecule has 6 nitrogen and oxygen atoms in total. The smallest absolute Gasteiger partial charge is 0.256 e. The Bertz CT molecular complexity index is 997. The molecule has 0 amide bonds. The molecule has 1 atom stereocenters. The monoisotopic (exact) mass is 438 g/mol. The molecule has 1 aliphatic heterocycles. The molecule has 1 saturated heterocycles. The van der Waals surface area contributed by atoms with Crippen LogP contribution in [0.1, 0.15) is 43.0 Å². The van der Waals surface area contributed by atoms with Gasteiger partial charge in [0.25, 0.3) is 10.0 Å². The standard InChI is InChI=1S/C21H24F2N2O4S/c1-15(26)16-6-9-19(10-7-16)29-13-3-5-18-4-2-12-25(18)24-30(27,28)21-11-8-17(22)14-20(21)23/h6-11,14,18,24H,2-5,12-13H2,1H3/t18-/m1/s1. The minimum atomic E-state index is -4.13. The average Bonchev–Trinajstić information content (AvgIpc) is 3.11. The van der Waals surface area contributed by atoms with E-state index in [-0.39, 0.29) is 11.8 Å². The first kappa shape index (κ1) is 22.3. The van der Waals surface area contributed by atoms with Crippen molar-refractivity contribution in [3.63, 3.8) is 0 Å². The summed E-state index contributed by atoms with van der Waals surface area (Å²) in [6, 6.07) is 9.25. The lowest BCUT2D eigenvalue weighted by Gasteiger charge is -2.25. The Morgan fingerprint density at radius 2 is 1.93 bits per heavy atom. The molecule has 0 radical (unpaired) electrons. The van der Waals surface area contributed by atoms with Crippen LogP contribution in [0.25, 0.3) is 0 Å². The predicted molar refractivity (Wildman–Crippen MR) is 108 cm³/mol. The molecule has 3 rings (SSSR count). The number of carbonyl (C=O) groups is 1. The van der Waals surface area contributed by atoms with Crippen LogP contribution in [-0.2, 0) is 10.0 Å². The average molecular weight is 438 g/mol. The fourth-order valence-electron chi connectivity index (χ4n) is 3.45. The normalized spacial score (nSPS) is 17.2. The van der Waals surface area contributed by atoms with Gasteiger partial charge in [-0.15, -0.1) is 4.83 Å². The van der Waals surface area contributed by atoms with Gasteiger partial charge in [-0.3, -0.25) is 4.79 Å². The second kappa shape index (κ2) is 9.63. The van der Waals surface area contributed by atoms with Crippen molar-refractivity contribution < 1.29 is 26.7 Å². The lowest BCUT2D eigenvalue weighted by atomic mass is 10.1. The van der Waals surface area contributed by atoms with Crippen LogP contribution in [0.3, 0.4) is 0 Å². The number of hydrazine groups is 1. The van der Waals surface area contributed by atoms with Gasteiger partial charge in [-0.1, -0.05) is 0 Å². The van der Waals surface area contributed by atoms with Gasteiger partial charge in [0.05, 0.1) is 6.61 Å². The number of carbonyl (C=O) groups excluding carboxylic acids is 1. The van der Waals surface area contributed by atoms with Gasteiger partial charge in [-0.05, 0) is 69.0 Å². The summed E-state index contributed by atoms with van der Waals surface area (Å²) < 4.78 is 57.6. The number of nitrogens with one attached hydrogen (secondary N) is 1. The summed E-state index contributed by atoms with van der Waals surface area (Å²) in [7, 11) is -4.13. The van der Waals surface area contributed by atoms with Crippen molar-refractivity contribution >= 4 is 15.8 Å². The van der Waals surface area contributed by atoms with E-state index in [1.165, 1.54) is 6.92 Å². The van der Waals surface area contributed by atoms with E-state index in [9.17, 15) is 22.0 Å². The van der Waals surface area contributed by atoms with Gasteiger partial charge in [0.1, 0.15) is 22.3 Å². The quantitative estimate of drug-likeness (QED) is 0.477. The highest BCUT2D eigenvalue weighted by Gasteiger charge is 2.30. The molecule has 1 heterocycles. The SMILES string of the molecule is CC(=O)c1ccc(OCCC[C@H]2CCCN2NS(=O)(=O)c2ccc(F)cc2F)cc1. The molecule has 0 aromatic heterocycles. The maximum absolute atomic E-state index is 13.9. The Morgan fingerprint density at radius 3 is 2.60 bits per heavy atom. The molecule has 0 bridgehead atoms. The molecule has 1 fully saturated rings. The largest absolute Gasteiger partial charge is 0.494 e. The third kappa shape index (κ3) is 5.62. The van der Waals surface area contributed by atoms with Crippen LogP contribution in [0.4, 0.5) is 8.78 Å². The molecule has 0 unspecified atom stereocenters. The summed E-state index contributed by atoms with van der Waals surface area (Å²) in [5.41, 5.74) is 0.619. The van der Waals surface area contributed by atoms with Gasteiger partial charge in [0.2, 0.25) is 0 Å². The van der Waals surface area contributed by atoms with E-state index >= 15 is 0 Å². The van der Waals surface area contributed by atoms with Crippen LogP contribution < -0.4 is 9.57 Å². The van der Waals surface area contributed by atoms with E-state index in [1.54, 1.807) is 29.3 Å². The van der Waals surface area contributed by atoms with Gasteiger partial charge in [0.15, 0.2) is 5.78 Å². The fourth-order valence-corrected chi connectivity index (χ4v) is 4.66. The number of hydrogen-bond donors (Lipinski definition) is 1. The second-order valence-electron chi connectivity index (χ2n) is 7.23. The molecule has 1 aliphatic rings. The first-order valence-corrected chi connectivity index (χ1v) is 11.2. The number of rotatable bonds is 9. The molecule has 30 heavy (non-hydrogen) atoms. The Labute approximate surface area is 174 Å². The Balaban J connectivity index is 1.51. The third-order valence-corrected chi connectivity index (χ3v) is 6.39. The molecular weight excluding hydrogens is 414 g/mol. The van der Waals surface area contributed by atoms with Gasteiger partial charge < -0.3 is 4.74 Å². The highest BCUT2D eigenvalue weighted by Crippen LogP contribution is 2.23. The maximum Gasteiger partial charge on any atom is 0.256 e. The van der Waals surface area contributed by atoms with Gasteiger partial charge in [-0.25, -0.2) is 22.2 Å². The molecular formula is C21H24F2N2O4S. The van der Waals surface area contributed by atoms with Crippen molar-refractivity contribution in [1.82, 2.24) is 9.84 Å². The van der Waals surface area contributed by atoms with Crippen LogP contribution in [0.15, 0.2) is 47.4 Å². The zero-order valence-electron chi connectivity index (χ0n) is 16.6. The number of hydrogen-bond acceptors (Lipinski definition) is 5. The topological polar surface area (TPSA) is 75.7 Å². The zero-order valence-corrected chi connectivity index (χ0v) is 17.4. The van der Waals surface area contributed by atoms with Crippen molar-refractivity contribution in [1.29, 1.82) is 0 Å². The van der Waals surface area contributed by atoms with Crippen molar-refractivity contribution in [3.05, 3.63) is 59.7 Å². The Hall–Kier alpha value is -2.36. The number of ketones is 1. The zero-order chi connectivity index (χ0) is 21.7. The fraction of sp³-hybridized carbons (Fsp3) is 0.381. The Kier molecular flexibility index (Phi) is 7.17. The number of halogens is 2. The van der Waals surface area contributed by atoms with Crippen LogP contribution in [-0.4, -0.2) is 38.4 Å². The number of Topliss-reactive ketones (excluding diaryl/α,β-unsaturated/α-hetero) is 1. The number of ether oxygens (including phenoxy) is 1. The van der Waals surface area contributed by atoms with E-state index < -0.39 is 26.6 Å². The van der Waals surface area contributed by atoms with Gasteiger partial charge in [-0.2, -0.15) is 0 Å². The molecule has 1 N–H and O–H groups in total. The van der Waals surface area contributed by atoms with Crippen LogP contribution in [0.5, 0.6) is 5.75 Å². The summed E-state index contributed by atoms with van der Waals surface area (Å²) in [5.74, 6) is -1.30. The molecule has 0 spiro atoms. The first-order valence-electron chi connectivity index (χ1n) is 9.74. The molecule has 0 aliphatic carbocycles. The summed E-state index contributed by atoms with van der Waals surface area (Å²) >= 11 is 0. The summed E-state index contributed by atoms with van der Waals surface area (Å²) in [5, 5.41) is 1.60. The van der Waals surface area contributed by atoms with Crippen LogP contribution in [0, 0.1) is 11.6 Å². The summed E-state index contributed by atoms with van der Waals surface area (Å²) in [4.78, 5) is 13.1. The third-order valence-electron chi connectivity index (χ3n) is 5.01. The number of benzene rings is 2. The predicted octanol–water partition coefficient (Wildman–Crippen LogP) is 3.68. The van der Waals surface area contributed by atoms with Gasteiger partial charge in [0, 0.05) is 24.2 Å². The molecule has 9 heteroatoms. The summed E-state index contributed by atoms with van der Waals surface area (Å²) in [6.45, 7) is 2.46. The van der Waals surface area contributed by atoms with E-state index in [4.69, 9.17) is 4.74 Å². The van der Waals surface area contributed by atoms with Crippen molar-refractivity contribution in [3.8, 4) is 5.75 Å². The second-order valence-corrected chi connectivity index (χ2v) is 8.86. The highest BCUT2D eigenvalue weighted by atomic mass is 32.2. The van der Waals surface area contributed by atoms with Crippen molar-refractivity contribution in [2.24, 2.45) is 0 Å². The molecule has 2 aromatic carbocycles. The molecule has 162 valence electrons. The minimum Gasteiger partial charge on any atom is -0.494 e. The lowest BCUT2D eigenvalue weighted by molar-refractivity contribution is 0.101. The number of sulfonamides is 1. The van der Waals surface area contributed by atoms with E-state index in [2.05, 4.69) is 4.83 Å². The van der Waals surface area contributed by atoms with Gasteiger partial charge >= 0.3 is 0 Å². The number of nitrogens with zero attached hydrogens (tertiary/aromatic N) is 1. The van der Waals surface area contributed by atoms with Crippen LogP contribution >= 0.6 is 0 Å². The lowest BCUT2D eigenvalue weighted by Crippen LogP contribution is -2.45. The maximum atomic E-state index is 13.9. The summed E-state index contributed by atoms with van der Waals surface area (Å²) in [6.07, 6.45) is 3.01. The van der Waals surface area contributed by atoms with E-state index in [1.807, 2.05) is 0 Å². The van der Waals surface area contributed by atoms with Crippen molar-refractivity contribution in [2.75, 3.05) is 13.2 Å².